The maximum atomic E-state index is 10.2. The molecule has 0 aromatic rings. The number of rotatable bonds is 20. The summed E-state index contributed by atoms with van der Waals surface area (Å²) in [5, 5.41) is 28.1. The summed E-state index contributed by atoms with van der Waals surface area (Å²) < 4.78 is 0. The van der Waals surface area contributed by atoms with Crippen molar-refractivity contribution in [1.82, 2.24) is 0 Å². The van der Waals surface area contributed by atoms with E-state index >= 15 is 0 Å². The molecule has 0 aromatic heterocycles. The third-order valence-corrected chi connectivity index (χ3v) is 5.81. The zero-order chi connectivity index (χ0) is 20.4. The van der Waals surface area contributed by atoms with Crippen molar-refractivity contribution >= 4 is 34.5 Å². The molecule has 0 aliphatic carbocycles. The van der Waals surface area contributed by atoms with Gasteiger partial charge in [-0.05, 0) is 30.9 Å². The smallest absolute Gasteiger partial charge is 0.189 e. The number of hydrogen-bond donors (Lipinski definition) is 3. The van der Waals surface area contributed by atoms with Crippen molar-refractivity contribution in [2.75, 3.05) is 0 Å². The second-order valence-corrected chi connectivity index (χ2v) is 8.82. The topological polar surface area (TPSA) is 60.7 Å². The van der Waals surface area contributed by atoms with E-state index in [0.717, 1.165) is 19.3 Å². The van der Waals surface area contributed by atoms with E-state index in [-0.39, 0.29) is 11.5 Å². The highest BCUT2D eigenvalue weighted by molar-refractivity contribution is 7.80. The van der Waals surface area contributed by atoms with Crippen molar-refractivity contribution in [3.05, 3.63) is 0 Å². The van der Waals surface area contributed by atoms with Gasteiger partial charge in [-0.15, -0.1) is 0 Å². The average Bonchev–Trinajstić information content (AvgIpc) is 2.60. The first-order valence-corrected chi connectivity index (χ1v) is 11.9. The summed E-state index contributed by atoms with van der Waals surface area (Å²) in [7, 11) is 0. The largest absolute Gasteiger partial charge is 0.502 e. The summed E-state index contributed by atoms with van der Waals surface area (Å²) in [6.07, 6.45) is 20.8. The van der Waals surface area contributed by atoms with Crippen LogP contribution in [-0.2, 0) is 0 Å². The van der Waals surface area contributed by atoms with Crippen molar-refractivity contribution in [2.24, 2.45) is 0 Å². The van der Waals surface area contributed by atoms with Gasteiger partial charge in [-0.25, -0.2) is 0 Å². The second-order valence-electron chi connectivity index (χ2n) is 7.96. The molecule has 27 heavy (non-hydrogen) atoms. The SMILES string of the molecule is CCCCCCCCCCCCCCCCCCC(O)(CC(O)=S)C(O)=S. The number of unbranched alkanes of at least 4 members (excludes halogenated alkanes) is 15. The van der Waals surface area contributed by atoms with Gasteiger partial charge < -0.3 is 15.3 Å². The Bertz CT molecular complexity index is 388. The Morgan fingerprint density at radius 1 is 0.630 bits per heavy atom. The molecule has 0 saturated carbocycles. The summed E-state index contributed by atoms with van der Waals surface area (Å²) in [6, 6.07) is 0. The Balaban J connectivity index is 3.40. The van der Waals surface area contributed by atoms with E-state index in [9.17, 15) is 15.3 Å². The second kappa shape index (κ2) is 17.8. The maximum Gasteiger partial charge on any atom is 0.189 e. The number of thiocarbonyl (C=S) groups is 2. The molecule has 0 aliphatic rings. The third kappa shape index (κ3) is 16.4. The average molecular weight is 419 g/mol. The Morgan fingerprint density at radius 3 is 1.26 bits per heavy atom. The fourth-order valence-electron chi connectivity index (χ4n) is 3.49. The molecular formula is C22H42O3S2. The summed E-state index contributed by atoms with van der Waals surface area (Å²) in [5.74, 6) is 0. The number of aliphatic hydroxyl groups excluding tert-OH is 2. The fourth-order valence-corrected chi connectivity index (χ4v) is 3.90. The van der Waals surface area contributed by atoms with Crippen molar-refractivity contribution < 1.29 is 15.3 Å². The van der Waals surface area contributed by atoms with Crippen molar-refractivity contribution in [2.45, 2.75) is 128 Å². The minimum Gasteiger partial charge on any atom is -0.502 e. The normalized spacial score (nSPS) is 13.4. The lowest BCUT2D eigenvalue weighted by Gasteiger charge is -2.24. The van der Waals surface area contributed by atoms with Gasteiger partial charge in [0.2, 0.25) is 0 Å². The minimum absolute atomic E-state index is 0.156. The highest BCUT2D eigenvalue weighted by atomic mass is 32.1. The summed E-state index contributed by atoms with van der Waals surface area (Å²) in [6.45, 7) is 2.27. The van der Waals surface area contributed by atoms with Crippen LogP contribution in [0.4, 0.5) is 0 Å². The molecule has 0 bridgehead atoms. The molecule has 0 heterocycles. The lowest BCUT2D eigenvalue weighted by molar-refractivity contribution is 0.0882. The molecule has 5 heteroatoms. The predicted molar refractivity (Wildman–Crippen MR) is 124 cm³/mol. The Hall–Kier alpha value is -0.260. The molecule has 3 nitrogen and oxygen atoms in total. The van der Waals surface area contributed by atoms with Crippen LogP contribution >= 0.6 is 24.4 Å². The van der Waals surface area contributed by atoms with E-state index in [1.54, 1.807) is 0 Å². The van der Waals surface area contributed by atoms with Gasteiger partial charge in [-0.2, -0.15) is 0 Å². The van der Waals surface area contributed by atoms with Gasteiger partial charge in [0.15, 0.2) is 10.1 Å². The molecule has 0 aliphatic heterocycles. The van der Waals surface area contributed by atoms with Gasteiger partial charge >= 0.3 is 0 Å². The molecule has 1 atom stereocenters. The van der Waals surface area contributed by atoms with Crippen LogP contribution in [0.1, 0.15) is 122 Å². The lowest BCUT2D eigenvalue weighted by atomic mass is 9.93. The fraction of sp³-hybridized carbons (Fsp3) is 0.909. The highest BCUT2D eigenvalue weighted by Crippen LogP contribution is 2.22. The highest BCUT2D eigenvalue weighted by Gasteiger charge is 2.33. The molecule has 0 aromatic carbocycles. The molecule has 0 radical (unpaired) electrons. The van der Waals surface area contributed by atoms with E-state index in [1.807, 2.05) is 0 Å². The summed E-state index contributed by atoms with van der Waals surface area (Å²) in [5.41, 5.74) is -1.54. The van der Waals surface area contributed by atoms with E-state index in [0.29, 0.717) is 6.42 Å². The van der Waals surface area contributed by atoms with Gasteiger partial charge in [0.1, 0.15) is 5.60 Å². The standard InChI is InChI=1S/C22H42O3S2/c1-2-3-4-5-6-7-8-9-10-11-12-13-14-15-16-17-18-22(25,21(24)27)19-20(23)26/h25H,2-19H2,1H3,(H,23,26)(H,24,27). The monoisotopic (exact) mass is 418 g/mol. The van der Waals surface area contributed by atoms with E-state index < -0.39 is 10.7 Å². The van der Waals surface area contributed by atoms with Crippen molar-refractivity contribution in [1.29, 1.82) is 0 Å². The first-order valence-electron chi connectivity index (χ1n) is 11.1. The van der Waals surface area contributed by atoms with Crippen LogP contribution in [0.25, 0.3) is 0 Å². The van der Waals surface area contributed by atoms with E-state index in [4.69, 9.17) is 12.2 Å². The first-order chi connectivity index (χ1) is 12.9. The van der Waals surface area contributed by atoms with Crippen LogP contribution < -0.4 is 0 Å². The molecule has 160 valence electrons. The molecule has 0 amide bonds. The number of aliphatic hydroxyl groups is 3. The Kier molecular flexibility index (Phi) is 17.6. The van der Waals surface area contributed by atoms with Gasteiger partial charge in [-0.1, -0.05) is 110 Å². The molecule has 1 unspecified atom stereocenters. The zero-order valence-electron chi connectivity index (χ0n) is 17.4. The van der Waals surface area contributed by atoms with Gasteiger partial charge in [0, 0.05) is 0 Å². The molecule has 0 saturated heterocycles. The molecular weight excluding hydrogens is 376 g/mol. The summed E-state index contributed by atoms with van der Waals surface area (Å²) >= 11 is 9.30. The molecule has 0 spiro atoms. The molecule has 0 rings (SSSR count). The van der Waals surface area contributed by atoms with E-state index in [2.05, 4.69) is 19.1 Å². The van der Waals surface area contributed by atoms with Crippen LogP contribution in [0.3, 0.4) is 0 Å². The number of hydrogen-bond acceptors (Lipinski definition) is 3. The summed E-state index contributed by atoms with van der Waals surface area (Å²) in [4.78, 5) is 0. The molecule has 0 fully saturated rings. The Morgan fingerprint density at radius 2 is 0.963 bits per heavy atom. The lowest BCUT2D eigenvalue weighted by Crippen LogP contribution is -2.39. The van der Waals surface area contributed by atoms with Crippen LogP contribution in [0.5, 0.6) is 0 Å². The first kappa shape index (κ1) is 26.7. The Labute approximate surface area is 178 Å². The maximum absolute atomic E-state index is 10.2. The quantitative estimate of drug-likeness (QED) is 0.141. The van der Waals surface area contributed by atoms with Crippen LogP contribution in [0, 0.1) is 0 Å². The van der Waals surface area contributed by atoms with E-state index in [1.165, 1.54) is 83.5 Å². The van der Waals surface area contributed by atoms with Gasteiger partial charge in [-0.3, -0.25) is 0 Å². The van der Waals surface area contributed by atoms with Crippen molar-refractivity contribution in [3.63, 3.8) is 0 Å². The third-order valence-electron chi connectivity index (χ3n) is 5.29. The predicted octanol–water partition coefficient (Wildman–Crippen LogP) is 7.53. The van der Waals surface area contributed by atoms with Crippen LogP contribution in [-0.4, -0.2) is 31.0 Å². The minimum atomic E-state index is -1.54. The van der Waals surface area contributed by atoms with Gasteiger partial charge in [0.05, 0.1) is 6.42 Å². The van der Waals surface area contributed by atoms with Crippen LogP contribution in [0.15, 0.2) is 0 Å². The zero-order valence-corrected chi connectivity index (χ0v) is 19.0. The molecule has 3 N–H and O–H groups in total. The van der Waals surface area contributed by atoms with Crippen molar-refractivity contribution in [3.8, 4) is 0 Å². The van der Waals surface area contributed by atoms with Gasteiger partial charge in [0.25, 0.3) is 0 Å². The van der Waals surface area contributed by atoms with Crippen LogP contribution in [0.2, 0.25) is 0 Å².